The average molecular weight is 346 g/mol. The van der Waals surface area contributed by atoms with Gasteiger partial charge in [-0.25, -0.2) is 0 Å². The zero-order valence-corrected chi connectivity index (χ0v) is 14.8. The Hall–Kier alpha value is -2.34. The lowest BCUT2D eigenvalue weighted by Gasteiger charge is -2.14. The third-order valence-corrected chi connectivity index (χ3v) is 4.14. The van der Waals surface area contributed by atoms with Gasteiger partial charge in [-0.1, -0.05) is 32.8 Å². The van der Waals surface area contributed by atoms with Gasteiger partial charge in [0.25, 0.3) is 5.91 Å². The van der Waals surface area contributed by atoms with Crippen molar-refractivity contribution in [2.45, 2.75) is 33.1 Å². The maximum absolute atomic E-state index is 12.4. The molecule has 0 aliphatic heterocycles. The number of nitrogens with one attached hydrogen (secondary N) is 1. The Labute approximate surface area is 147 Å². The number of nitrogens with two attached hydrogens (primary N) is 1. The summed E-state index contributed by atoms with van der Waals surface area (Å²) in [6.07, 6.45) is 3.11. The highest BCUT2D eigenvalue weighted by atomic mass is 16.5. The van der Waals surface area contributed by atoms with Gasteiger partial charge < -0.3 is 20.2 Å². The van der Waals surface area contributed by atoms with Crippen LogP contribution in [0.25, 0.3) is 11.0 Å². The Morgan fingerprint density at radius 1 is 1.36 bits per heavy atom. The number of benzene rings is 1. The molecule has 1 aromatic heterocycles. The van der Waals surface area contributed by atoms with Gasteiger partial charge in [0.05, 0.1) is 5.39 Å². The molecule has 0 aliphatic rings. The Balaban J connectivity index is 2.26. The lowest BCUT2D eigenvalue weighted by atomic mass is 10.0. The minimum atomic E-state index is -0.387. The molecule has 25 heavy (non-hydrogen) atoms. The summed E-state index contributed by atoms with van der Waals surface area (Å²) in [5.41, 5.74) is 5.45. The molecule has 0 aliphatic carbocycles. The van der Waals surface area contributed by atoms with Crippen molar-refractivity contribution in [1.82, 2.24) is 5.32 Å². The van der Waals surface area contributed by atoms with Gasteiger partial charge in [-0.15, -0.1) is 0 Å². The Bertz CT molecular complexity index is 770. The lowest BCUT2D eigenvalue weighted by Crippen LogP contribution is -2.29. The van der Waals surface area contributed by atoms with Crippen molar-refractivity contribution in [3.05, 3.63) is 40.2 Å². The van der Waals surface area contributed by atoms with E-state index in [9.17, 15) is 9.59 Å². The number of carbonyl (C=O) groups is 1. The van der Waals surface area contributed by atoms with Crippen LogP contribution in [0.15, 0.2) is 33.5 Å². The maximum atomic E-state index is 12.4. The zero-order valence-electron chi connectivity index (χ0n) is 14.8. The second-order valence-corrected chi connectivity index (χ2v) is 6.02. The number of amides is 1. The van der Waals surface area contributed by atoms with E-state index in [4.69, 9.17) is 14.9 Å². The summed E-state index contributed by atoms with van der Waals surface area (Å²) in [5.74, 6) is 0.437. The molecule has 6 nitrogen and oxygen atoms in total. The largest absolute Gasteiger partial charge is 0.488 e. The van der Waals surface area contributed by atoms with Crippen LogP contribution in [-0.2, 0) is 0 Å². The van der Waals surface area contributed by atoms with Crippen molar-refractivity contribution >= 4 is 16.9 Å². The summed E-state index contributed by atoms with van der Waals surface area (Å²) >= 11 is 0. The molecule has 1 unspecified atom stereocenters. The van der Waals surface area contributed by atoms with Crippen LogP contribution in [-0.4, -0.2) is 25.6 Å². The first kappa shape index (κ1) is 19.0. The molecule has 3 N–H and O–H groups in total. The van der Waals surface area contributed by atoms with Gasteiger partial charge in [0, 0.05) is 19.2 Å². The van der Waals surface area contributed by atoms with Crippen LogP contribution in [0.2, 0.25) is 0 Å². The SMILES string of the molecule is CCCC(CC)CNC(=O)c1cc(=O)c2cccc(OCCN)c2o1. The van der Waals surface area contributed by atoms with Crippen molar-refractivity contribution in [2.24, 2.45) is 11.7 Å². The van der Waals surface area contributed by atoms with Crippen molar-refractivity contribution in [2.75, 3.05) is 19.7 Å². The standard InChI is InChI=1S/C19H26N2O4/c1-3-6-13(4-2)12-21-19(23)17-11-15(22)14-7-5-8-16(18(14)25-17)24-10-9-20/h5,7-8,11,13H,3-4,6,9-10,12,20H2,1-2H3,(H,21,23). The summed E-state index contributed by atoms with van der Waals surface area (Å²) < 4.78 is 11.2. The first-order valence-electron chi connectivity index (χ1n) is 8.78. The predicted molar refractivity (Wildman–Crippen MR) is 98.1 cm³/mol. The molecule has 0 radical (unpaired) electrons. The quantitative estimate of drug-likeness (QED) is 0.728. The predicted octanol–water partition coefficient (Wildman–Crippen LogP) is 2.69. The lowest BCUT2D eigenvalue weighted by molar-refractivity contribution is 0.0918. The van der Waals surface area contributed by atoms with Crippen LogP contribution >= 0.6 is 0 Å². The van der Waals surface area contributed by atoms with Gasteiger partial charge in [0.15, 0.2) is 22.5 Å². The molecule has 1 amide bonds. The van der Waals surface area contributed by atoms with Gasteiger partial charge >= 0.3 is 0 Å². The number of rotatable bonds is 9. The van der Waals surface area contributed by atoms with Gasteiger partial charge in [-0.05, 0) is 24.5 Å². The van der Waals surface area contributed by atoms with E-state index in [2.05, 4.69) is 19.2 Å². The second-order valence-electron chi connectivity index (χ2n) is 6.02. The average Bonchev–Trinajstić information content (AvgIpc) is 2.63. The van der Waals surface area contributed by atoms with E-state index >= 15 is 0 Å². The molecule has 1 heterocycles. The van der Waals surface area contributed by atoms with Crippen LogP contribution < -0.4 is 21.2 Å². The highest BCUT2D eigenvalue weighted by Crippen LogP contribution is 2.24. The van der Waals surface area contributed by atoms with E-state index in [-0.39, 0.29) is 22.7 Å². The summed E-state index contributed by atoms with van der Waals surface area (Å²) in [6.45, 7) is 5.43. The second kappa shape index (κ2) is 9.22. The van der Waals surface area contributed by atoms with E-state index in [1.807, 2.05) is 0 Å². The fraction of sp³-hybridized carbons (Fsp3) is 0.474. The Kier molecular flexibility index (Phi) is 7.01. The van der Waals surface area contributed by atoms with Crippen LogP contribution in [0, 0.1) is 5.92 Å². The number of hydrogen-bond donors (Lipinski definition) is 2. The molecule has 0 spiro atoms. The molecule has 2 aromatic rings. The third kappa shape index (κ3) is 4.82. The van der Waals surface area contributed by atoms with E-state index in [1.165, 1.54) is 6.07 Å². The highest BCUT2D eigenvalue weighted by molar-refractivity contribution is 5.93. The topological polar surface area (TPSA) is 94.6 Å². The van der Waals surface area contributed by atoms with Gasteiger partial charge in [-0.2, -0.15) is 0 Å². The highest BCUT2D eigenvalue weighted by Gasteiger charge is 2.16. The van der Waals surface area contributed by atoms with Gasteiger partial charge in [0.1, 0.15) is 6.61 Å². The fourth-order valence-corrected chi connectivity index (χ4v) is 2.73. The number of ether oxygens (including phenoxy) is 1. The summed E-state index contributed by atoms with van der Waals surface area (Å²) in [4.78, 5) is 24.7. The van der Waals surface area contributed by atoms with E-state index in [1.54, 1.807) is 18.2 Å². The molecule has 6 heteroatoms. The summed E-state index contributed by atoms with van der Waals surface area (Å²) in [6, 6.07) is 6.27. The first-order valence-corrected chi connectivity index (χ1v) is 8.78. The number of hydrogen-bond acceptors (Lipinski definition) is 5. The van der Waals surface area contributed by atoms with E-state index in [0.29, 0.717) is 36.8 Å². The monoisotopic (exact) mass is 346 g/mol. The molecule has 1 aromatic carbocycles. The number of carbonyl (C=O) groups excluding carboxylic acids is 1. The fourth-order valence-electron chi connectivity index (χ4n) is 2.73. The molecule has 0 fully saturated rings. The van der Waals surface area contributed by atoms with Crippen molar-refractivity contribution in [1.29, 1.82) is 0 Å². The normalized spacial score (nSPS) is 12.1. The number of para-hydroxylation sites is 1. The number of fused-ring (bicyclic) bond motifs is 1. The van der Waals surface area contributed by atoms with Crippen LogP contribution in [0.3, 0.4) is 0 Å². The smallest absolute Gasteiger partial charge is 0.287 e. The van der Waals surface area contributed by atoms with Crippen molar-refractivity contribution < 1.29 is 13.9 Å². The molecule has 0 bridgehead atoms. The molecule has 0 saturated heterocycles. The van der Waals surface area contributed by atoms with Crippen molar-refractivity contribution in [3.63, 3.8) is 0 Å². The summed E-state index contributed by atoms with van der Waals surface area (Å²) in [7, 11) is 0. The maximum Gasteiger partial charge on any atom is 0.287 e. The molecule has 1 atom stereocenters. The molecule has 136 valence electrons. The van der Waals surface area contributed by atoms with Crippen LogP contribution in [0.1, 0.15) is 43.7 Å². The van der Waals surface area contributed by atoms with Crippen LogP contribution in [0.4, 0.5) is 0 Å². The van der Waals surface area contributed by atoms with Gasteiger partial charge in [0.2, 0.25) is 0 Å². The van der Waals surface area contributed by atoms with Gasteiger partial charge in [-0.3, -0.25) is 9.59 Å². The third-order valence-electron chi connectivity index (χ3n) is 4.14. The first-order chi connectivity index (χ1) is 12.1. The van der Waals surface area contributed by atoms with E-state index < -0.39 is 0 Å². The minimum absolute atomic E-state index is 0.00681. The van der Waals surface area contributed by atoms with Crippen LogP contribution in [0.5, 0.6) is 5.75 Å². The Morgan fingerprint density at radius 3 is 2.84 bits per heavy atom. The zero-order chi connectivity index (χ0) is 18.2. The molecule has 0 saturated carbocycles. The summed E-state index contributed by atoms with van der Waals surface area (Å²) in [5, 5.41) is 3.24. The Morgan fingerprint density at radius 2 is 2.16 bits per heavy atom. The molecule has 2 rings (SSSR count). The molecular formula is C19H26N2O4. The van der Waals surface area contributed by atoms with Crippen molar-refractivity contribution in [3.8, 4) is 5.75 Å². The van der Waals surface area contributed by atoms with E-state index in [0.717, 1.165) is 19.3 Å². The molecular weight excluding hydrogens is 320 g/mol. The minimum Gasteiger partial charge on any atom is -0.488 e.